The molecule has 1 heterocycles. The fourth-order valence-electron chi connectivity index (χ4n) is 0.890. The number of carboxylic acids is 1. The van der Waals surface area contributed by atoms with Crippen molar-refractivity contribution >= 4 is 29.1 Å². The molecule has 0 aliphatic rings. The summed E-state index contributed by atoms with van der Waals surface area (Å²) in [5.41, 5.74) is 6.43. The third-order valence-electron chi connectivity index (χ3n) is 1.46. The number of aromatic nitrogens is 1. The van der Waals surface area contributed by atoms with Crippen LogP contribution in [0.25, 0.3) is 0 Å². The zero-order chi connectivity index (χ0) is 11.5. The van der Waals surface area contributed by atoms with Crippen molar-refractivity contribution in [3.8, 4) is 0 Å². The Bertz CT molecular complexity index is 344. The predicted octanol–water partition coefficient (Wildman–Crippen LogP) is 1.81. The van der Waals surface area contributed by atoms with Gasteiger partial charge in [-0.2, -0.15) is 11.8 Å². The summed E-state index contributed by atoms with van der Waals surface area (Å²) in [5.74, 6) is 0.576. The number of hydrogen-bond acceptors (Lipinski definition) is 5. The Balaban J connectivity index is 2.41. The van der Waals surface area contributed by atoms with Crippen molar-refractivity contribution in [1.82, 2.24) is 4.98 Å². The molecule has 4 nitrogen and oxygen atoms in total. The molecule has 0 saturated carbocycles. The van der Waals surface area contributed by atoms with Crippen LogP contribution in [-0.2, 0) is 5.75 Å². The molecule has 84 valence electrons. The Morgan fingerprint density at radius 3 is 2.87 bits per heavy atom. The molecule has 0 radical (unpaired) electrons. The van der Waals surface area contributed by atoms with E-state index in [0.29, 0.717) is 5.75 Å². The van der Waals surface area contributed by atoms with Crippen molar-refractivity contribution in [3.05, 3.63) is 16.1 Å². The second-order valence-electron chi connectivity index (χ2n) is 3.93. The third kappa shape index (κ3) is 4.63. The summed E-state index contributed by atoms with van der Waals surface area (Å²) in [4.78, 5) is 14.6. The van der Waals surface area contributed by atoms with Gasteiger partial charge in [-0.15, -0.1) is 11.3 Å². The van der Waals surface area contributed by atoms with Gasteiger partial charge in [0.15, 0.2) is 0 Å². The van der Waals surface area contributed by atoms with Crippen molar-refractivity contribution in [1.29, 1.82) is 0 Å². The molecule has 0 aliphatic carbocycles. The van der Waals surface area contributed by atoms with E-state index in [9.17, 15) is 4.79 Å². The van der Waals surface area contributed by atoms with Crippen LogP contribution in [0, 0.1) is 0 Å². The Labute approximate surface area is 96.9 Å². The maximum absolute atomic E-state index is 10.6. The van der Waals surface area contributed by atoms with Crippen molar-refractivity contribution in [2.75, 3.05) is 5.75 Å². The zero-order valence-electron chi connectivity index (χ0n) is 8.69. The fraction of sp³-hybridized carbons (Fsp3) is 0.556. The molecule has 0 fully saturated rings. The van der Waals surface area contributed by atoms with E-state index in [0.717, 1.165) is 22.8 Å². The lowest BCUT2D eigenvalue weighted by Crippen LogP contribution is -2.34. The van der Waals surface area contributed by atoms with E-state index in [-0.39, 0.29) is 10.5 Å². The van der Waals surface area contributed by atoms with Crippen LogP contribution in [0.2, 0.25) is 0 Å². The summed E-state index contributed by atoms with van der Waals surface area (Å²) in [6.45, 7) is 3.92. The highest BCUT2D eigenvalue weighted by molar-refractivity contribution is 7.98. The Morgan fingerprint density at radius 1 is 1.73 bits per heavy atom. The first-order valence-electron chi connectivity index (χ1n) is 4.43. The highest BCUT2D eigenvalue weighted by atomic mass is 32.2. The molecule has 0 unspecified atom stereocenters. The number of rotatable bonds is 5. The molecular weight excluding hydrogens is 232 g/mol. The van der Waals surface area contributed by atoms with Gasteiger partial charge in [0.2, 0.25) is 5.01 Å². The molecule has 6 heteroatoms. The van der Waals surface area contributed by atoms with E-state index >= 15 is 0 Å². The van der Waals surface area contributed by atoms with Crippen molar-refractivity contribution in [3.63, 3.8) is 0 Å². The first kappa shape index (κ1) is 12.5. The van der Waals surface area contributed by atoms with E-state index in [1.807, 2.05) is 13.8 Å². The fourth-order valence-corrected chi connectivity index (χ4v) is 2.64. The molecule has 0 spiro atoms. The number of carboxylic acid groups (broad SMARTS) is 1. The average molecular weight is 246 g/mol. The van der Waals surface area contributed by atoms with Crippen molar-refractivity contribution in [2.24, 2.45) is 5.73 Å². The number of nitrogens with zero attached hydrogens (tertiary/aromatic N) is 1. The normalized spacial score (nSPS) is 11.7. The second kappa shape index (κ2) is 4.96. The molecule has 0 aromatic carbocycles. The molecule has 0 aliphatic heterocycles. The van der Waals surface area contributed by atoms with E-state index < -0.39 is 5.97 Å². The lowest BCUT2D eigenvalue weighted by molar-refractivity contribution is 0.0696. The molecular formula is C9H14N2O2S2. The van der Waals surface area contributed by atoms with Crippen LogP contribution >= 0.6 is 23.1 Å². The maximum atomic E-state index is 10.6. The van der Waals surface area contributed by atoms with Gasteiger partial charge in [0.05, 0.1) is 5.69 Å². The summed E-state index contributed by atoms with van der Waals surface area (Å²) in [6.07, 6.45) is 0. The quantitative estimate of drug-likeness (QED) is 0.828. The lowest BCUT2D eigenvalue weighted by atomic mass is 10.1. The number of nitrogens with two attached hydrogens (primary N) is 1. The number of carbonyl (C=O) groups is 1. The van der Waals surface area contributed by atoms with Gasteiger partial charge in [0, 0.05) is 22.4 Å². The summed E-state index contributed by atoms with van der Waals surface area (Å²) < 4.78 is 0. The van der Waals surface area contributed by atoms with Crippen molar-refractivity contribution < 1.29 is 9.90 Å². The van der Waals surface area contributed by atoms with Crippen LogP contribution in [0.4, 0.5) is 0 Å². The van der Waals surface area contributed by atoms with Gasteiger partial charge in [-0.25, -0.2) is 9.78 Å². The molecule has 1 aromatic heterocycles. The molecule has 0 saturated heterocycles. The van der Waals surface area contributed by atoms with Gasteiger partial charge < -0.3 is 10.8 Å². The number of aromatic carboxylic acids is 1. The molecule has 3 N–H and O–H groups in total. The average Bonchev–Trinajstić information content (AvgIpc) is 2.50. The molecule has 0 amide bonds. The topological polar surface area (TPSA) is 76.2 Å². The largest absolute Gasteiger partial charge is 0.476 e. The van der Waals surface area contributed by atoms with Gasteiger partial charge >= 0.3 is 5.97 Å². The van der Waals surface area contributed by atoms with Gasteiger partial charge in [0.25, 0.3) is 0 Å². The van der Waals surface area contributed by atoms with Gasteiger partial charge in [-0.1, -0.05) is 0 Å². The van der Waals surface area contributed by atoms with Gasteiger partial charge in [-0.05, 0) is 13.8 Å². The zero-order valence-corrected chi connectivity index (χ0v) is 10.3. The van der Waals surface area contributed by atoms with Crippen molar-refractivity contribution in [2.45, 2.75) is 25.1 Å². The Hall–Kier alpha value is -0.590. The maximum Gasteiger partial charge on any atom is 0.365 e. The molecule has 0 atom stereocenters. The SMILES string of the molecule is CC(C)(N)CSCc1csc(C(=O)O)n1. The van der Waals surface area contributed by atoms with Crippen LogP contribution in [0.1, 0.15) is 29.3 Å². The van der Waals surface area contributed by atoms with Crippen LogP contribution in [0.3, 0.4) is 0 Å². The predicted molar refractivity (Wildman–Crippen MR) is 63.5 cm³/mol. The molecule has 0 bridgehead atoms. The number of thiazole rings is 1. The minimum Gasteiger partial charge on any atom is -0.476 e. The lowest BCUT2D eigenvalue weighted by Gasteiger charge is -2.16. The van der Waals surface area contributed by atoms with E-state index in [1.165, 1.54) is 0 Å². The van der Waals surface area contributed by atoms with Crippen LogP contribution in [-0.4, -0.2) is 27.4 Å². The van der Waals surface area contributed by atoms with Gasteiger partial charge in [0.1, 0.15) is 0 Å². The first-order chi connectivity index (χ1) is 6.88. The minimum atomic E-state index is -0.963. The molecule has 1 aromatic rings. The van der Waals surface area contributed by atoms with E-state index in [4.69, 9.17) is 10.8 Å². The van der Waals surface area contributed by atoms with Gasteiger partial charge in [-0.3, -0.25) is 0 Å². The Kier molecular flexibility index (Phi) is 4.12. The number of hydrogen-bond donors (Lipinski definition) is 2. The summed E-state index contributed by atoms with van der Waals surface area (Å²) in [6, 6.07) is 0. The highest BCUT2D eigenvalue weighted by Gasteiger charge is 2.12. The first-order valence-corrected chi connectivity index (χ1v) is 6.46. The molecule has 1 rings (SSSR count). The van der Waals surface area contributed by atoms with Crippen LogP contribution in [0.15, 0.2) is 5.38 Å². The van der Waals surface area contributed by atoms with Crippen LogP contribution < -0.4 is 5.73 Å². The number of thioether (sulfide) groups is 1. The third-order valence-corrected chi connectivity index (χ3v) is 3.79. The second-order valence-corrected chi connectivity index (χ2v) is 5.77. The summed E-state index contributed by atoms with van der Waals surface area (Å²) in [7, 11) is 0. The van der Waals surface area contributed by atoms with E-state index in [1.54, 1.807) is 17.1 Å². The highest BCUT2D eigenvalue weighted by Crippen LogP contribution is 2.18. The monoisotopic (exact) mass is 246 g/mol. The Morgan fingerprint density at radius 2 is 2.40 bits per heavy atom. The smallest absolute Gasteiger partial charge is 0.365 e. The van der Waals surface area contributed by atoms with Crippen LogP contribution in [0.5, 0.6) is 0 Å². The standard InChI is InChI=1S/C9H14N2O2S2/c1-9(2,10)5-14-3-6-4-15-7(11-6)8(12)13/h4H,3,5,10H2,1-2H3,(H,12,13). The van der Waals surface area contributed by atoms with E-state index in [2.05, 4.69) is 4.98 Å². The molecule has 15 heavy (non-hydrogen) atoms. The minimum absolute atomic E-state index is 0.151. The summed E-state index contributed by atoms with van der Waals surface area (Å²) >= 11 is 2.82. The summed E-state index contributed by atoms with van der Waals surface area (Å²) in [5, 5.41) is 10.6.